The minimum atomic E-state index is -1.21. The molecule has 0 bridgehead atoms. The van der Waals surface area contributed by atoms with Gasteiger partial charge in [0.25, 0.3) is 0 Å². The van der Waals surface area contributed by atoms with E-state index in [4.69, 9.17) is 5.73 Å². The molecule has 0 spiro atoms. The van der Waals surface area contributed by atoms with Crippen LogP contribution in [0.4, 0.5) is 18.9 Å². The van der Waals surface area contributed by atoms with Crippen molar-refractivity contribution in [3.8, 4) is 0 Å². The Balaban J connectivity index is 2.85. The van der Waals surface area contributed by atoms with E-state index in [1.165, 1.54) is 7.11 Å². The fraction of sp³-hybridized carbons (Fsp3) is 0.300. The Hall–Kier alpha value is -1.60. The normalized spacial score (nSPS) is 12.3. The maximum Gasteiger partial charge on any atom is 0.243 e. The van der Waals surface area contributed by atoms with Crippen molar-refractivity contribution in [3.05, 3.63) is 29.6 Å². The number of hydrogen-bond acceptors (Lipinski definition) is 3. The van der Waals surface area contributed by atoms with Crippen LogP contribution in [0.15, 0.2) is 12.1 Å². The second-order valence-electron chi connectivity index (χ2n) is 3.30. The molecule has 0 aromatic heterocycles. The lowest BCUT2D eigenvalue weighted by molar-refractivity contribution is -0.118. The number of nitrogens with one attached hydrogen (secondary N) is 1. The summed E-state index contributed by atoms with van der Waals surface area (Å²) in [6, 6.07) is -0.148. The third-order valence-electron chi connectivity index (χ3n) is 1.94. The standard InChI is InChI=1S/C10H11F3N2O2/c1-17-4-8(14)10(16)15-9-6(12)2-5(11)3-7(9)13/h2-3,8H,4,14H2,1H3,(H,15,16). The second kappa shape index (κ2) is 5.65. The van der Waals surface area contributed by atoms with Crippen molar-refractivity contribution in [3.63, 3.8) is 0 Å². The van der Waals surface area contributed by atoms with E-state index in [1.54, 1.807) is 0 Å². The molecule has 94 valence electrons. The Morgan fingerprint density at radius 1 is 1.41 bits per heavy atom. The van der Waals surface area contributed by atoms with Gasteiger partial charge in [-0.05, 0) is 0 Å². The Morgan fingerprint density at radius 2 is 1.94 bits per heavy atom. The van der Waals surface area contributed by atoms with Gasteiger partial charge in [-0.3, -0.25) is 4.79 Å². The number of carbonyl (C=O) groups is 1. The van der Waals surface area contributed by atoms with Gasteiger partial charge in [0.15, 0.2) is 11.6 Å². The van der Waals surface area contributed by atoms with E-state index in [0.717, 1.165) is 0 Å². The van der Waals surface area contributed by atoms with Gasteiger partial charge < -0.3 is 15.8 Å². The van der Waals surface area contributed by atoms with Crippen molar-refractivity contribution < 1.29 is 22.7 Å². The molecule has 0 saturated heterocycles. The highest BCUT2D eigenvalue weighted by Gasteiger charge is 2.18. The quantitative estimate of drug-likeness (QED) is 0.836. The first-order valence-corrected chi connectivity index (χ1v) is 4.65. The van der Waals surface area contributed by atoms with Crippen molar-refractivity contribution >= 4 is 11.6 Å². The first-order chi connectivity index (χ1) is 7.95. The van der Waals surface area contributed by atoms with E-state index in [2.05, 4.69) is 4.74 Å². The summed E-state index contributed by atoms with van der Waals surface area (Å²) in [5, 5.41) is 1.93. The van der Waals surface area contributed by atoms with Crippen molar-refractivity contribution in [2.45, 2.75) is 6.04 Å². The van der Waals surface area contributed by atoms with Crippen LogP contribution in [0.2, 0.25) is 0 Å². The predicted molar refractivity (Wildman–Crippen MR) is 54.8 cm³/mol. The number of ether oxygens (including phenoxy) is 1. The second-order valence-corrected chi connectivity index (χ2v) is 3.30. The molecule has 3 N–H and O–H groups in total. The number of halogens is 3. The maximum atomic E-state index is 13.2. The first-order valence-electron chi connectivity index (χ1n) is 4.65. The van der Waals surface area contributed by atoms with Gasteiger partial charge in [-0.1, -0.05) is 0 Å². The molecule has 1 atom stereocenters. The van der Waals surface area contributed by atoms with Gasteiger partial charge in [-0.25, -0.2) is 13.2 Å². The molecular weight excluding hydrogens is 237 g/mol. The molecule has 0 aliphatic carbocycles. The minimum absolute atomic E-state index is 0.101. The number of anilines is 1. The van der Waals surface area contributed by atoms with Crippen LogP contribution in [-0.4, -0.2) is 25.7 Å². The molecule has 0 aliphatic rings. The number of rotatable bonds is 4. The van der Waals surface area contributed by atoms with Crippen LogP contribution in [0.25, 0.3) is 0 Å². The minimum Gasteiger partial charge on any atom is -0.383 e. The van der Waals surface area contributed by atoms with E-state index >= 15 is 0 Å². The lowest BCUT2D eigenvalue weighted by atomic mass is 10.2. The molecule has 0 radical (unpaired) electrons. The topological polar surface area (TPSA) is 64.3 Å². The van der Waals surface area contributed by atoms with Crippen LogP contribution in [-0.2, 0) is 9.53 Å². The van der Waals surface area contributed by atoms with Crippen molar-refractivity contribution in [2.24, 2.45) is 5.73 Å². The molecule has 1 rings (SSSR count). The van der Waals surface area contributed by atoms with Gasteiger partial charge in [-0.2, -0.15) is 0 Å². The third-order valence-corrected chi connectivity index (χ3v) is 1.94. The number of methoxy groups -OCH3 is 1. The molecule has 1 unspecified atom stereocenters. The van der Waals surface area contributed by atoms with Crippen LogP contribution in [0, 0.1) is 17.5 Å². The van der Waals surface area contributed by atoms with Crippen molar-refractivity contribution in [1.29, 1.82) is 0 Å². The average Bonchev–Trinajstić information content (AvgIpc) is 2.23. The predicted octanol–water partition coefficient (Wildman–Crippen LogP) is 1.02. The molecule has 1 aromatic carbocycles. The SMILES string of the molecule is COCC(N)C(=O)Nc1c(F)cc(F)cc1F. The van der Waals surface area contributed by atoms with Gasteiger partial charge in [-0.15, -0.1) is 0 Å². The summed E-state index contributed by atoms with van der Waals surface area (Å²) in [6.07, 6.45) is 0. The first kappa shape index (κ1) is 13.5. The summed E-state index contributed by atoms with van der Waals surface area (Å²) in [7, 11) is 1.33. The monoisotopic (exact) mass is 248 g/mol. The average molecular weight is 248 g/mol. The molecule has 0 fully saturated rings. The van der Waals surface area contributed by atoms with Crippen LogP contribution >= 0.6 is 0 Å². The van der Waals surface area contributed by atoms with Crippen LogP contribution in [0.1, 0.15) is 0 Å². The van der Waals surface area contributed by atoms with E-state index in [1.807, 2.05) is 5.32 Å². The zero-order valence-electron chi connectivity index (χ0n) is 8.97. The Morgan fingerprint density at radius 3 is 2.41 bits per heavy atom. The highest BCUT2D eigenvalue weighted by molar-refractivity contribution is 5.95. The summed E-state index contributed by atoms with van der Waals surface area (Å²) in [4.78, 5) is 11.3. The summed E-state index contributed by atoms with van der Waals surface area (Å²) >= 11 is 0. The molecule has 0 aliphatic heterocycles. The van der Waals surface area contributed by atoms with Gasteiger partial charge in [0.05, 0.1) is 6.61 Å². The molecule has 1 aromatic rings. The molecule has 0 heterocycles. The third kappa shape index (κ3) is 3.43. The van der Waals surface area contributed by atoms with Crippen LogP contribution in [0.3, 0.4) is 0 Å². The summed E-state index contributed by atoms with van der Waals surface area (Å²) < 4.78 is 43.5. The molecule has 17 heavy (non-hydrogen) atoms. The summed E-state index contributed by atoms with van der Waals surface area (Å²) in [5.74, 6) is -4.31. The summed E-state index contributed by atoms with van der Waals surface area (Å²) in [5.41, 5.74) is 4.62. The van der Waals surface area contributed by atoms with Crippen LogP contribution in [0.5, 0.6) is 0 Å². The smallest absolute Gasteiger partial charge is 0.243 e. The van der Waals surface area contributed by atoms with E-state index in [-0.39, 0.29) is 6.61 Å². The van der Waals surface area contributed by atoms with Crippen molar-refractivity contribution in [1.82, 2.24) is 0 Å². The van der Waals surface area contributed by atoms with Gasteiger partial charge in [0, 0.05) is 19.2 Å². The highest BCUT2D eigenvalue weighted by atomic mass is 19.1. The summed E-state index contributed by atoms with van der Waals surface area (Å²) in [6.45, 7) is -0.101. The van der Waals surface area contributed by atoms with E-state index < -0.39 is 35.1 Å². The van der Waals surface area contributed by atoms with Crippen LogP contribution < -0.4 is 11.1 Å². The Kier molecular flexibility index (Phi) is 4.47. The van der Waals surface area contributed by atoms with Gasteiger partial charge >= 0.3 is 0 Å². The molecule has 1 amide bonds. The zero-order chi connectivity index (χ0) is 13.0. The van der Waals surface area contributed by atoms with E-state index in [9.17, 15) is 18.0 Å². The van der Waals surface area contributed by atoms with E-state index in [0.29, 0.717) is 12.1 Å². The molecule has 0 saturated carbocycles. The number of hydrogen-bond donors (Lipinski definition) is 2. The molecule has 7 heteroatoms. The zero-order valence-corrected chi connectivity index (χ0v) is 8.97. The van der Waals surface area contributed by atoms with Gasteiger partial charge in [0.1, 0.15) is 17.5 Å². The number of amides is 1. The van der Waals surface area contributed by atoms with Gasteiger partial charge in [0.2, 0.25) is 5.91 Å². The largest absolute Gasteiger partial charge is 0.383 e. The molecule has 4 nitrogen and oxygen atoms in total. The maximum absolute atomic E-state index is 13.2. The van der Waals surface area contributed by atoms with Crippen molar-refractivity contribution in [2.75, 3.05) is 19.0 Å². The fourth-order valence-electron chi connectivity index (χ4n) is 1.13. The molecular formula is C10H11F3N2O2. The Bertz CT molecular complexity index is 403. The lowest BCUT2D eigenvalue weighted by Gasteiger charge is -2.12. The number of carbonyl (C=O) groups excluding carboxylic acids is 1. The number of benzene rings is 1. The number of nitrogens with two attached hydrogens (primary N) is 1. The lowest BCUT2D eigenvalue weighted by Crippen LogP contribution is -2.39. The Labute approximate surface area is 95.6 Å². The fourth-order valence-corrected chi connectivity index (χ4v) is 1.13. The highest BCUT2D eigenvalue weighted by Crippen LogP contribution is 2.20.